The number of nitrogens with two attached hydrogens (primary N) is 1. The Labute approximate surface area is 114 Å². The van der Waals surface area contributed by atoms with E-state index in [9.17, 15) is 8.42 Å². The number of rotatable bonds is 5. The molecular weight excluding hydrogens is 260 g/mol. The van der Waals surface area contributed by atoms with Gasteiger partial charge in [-0.1, -0.05) is 6.07 Å². The van der Waals surface area contributed by atoms with Gasteiger partial charge in [0.05, 0.1) is 4.90 Å². The van der Waals surface area contributed by atoms with Gasteiger partial charge in [0.15, 0.2) is 0 Å². The first kappa shape index (κ1) is 13.1. The summed E-state index contributed by atoms with van der Waals surface area (Å²) in [5.74, 6) is 0.425. The molecule has 1 unspecified atom stereocenters. The van der Waals surface area contributed by atoms with Crippen LogP contribution in [0.3, 0.4) is 0 Å². The third-order valence-corrected chi connectivity index (χ3v) is 5.62. The van der Waals surface area contributed by atoms with Crippen molar-refractivity contribution in [2.75, 3.05) is 6.54 Å². The highest BCUT2D eigenvalue weighted by molar-refractivity contribution is 7.89. The molecule has 0 amide bonds. The van der Waals surface area contributed by atoms with Crippen LogP contribution in [0.1, 0.15) is 30.4 Å². The summed E-state index contributed by atoms with van der Waals surface area (Å²) < 4.78 is 27.5. The summed E-state index contributed by atoms with van der Waals surface area (Å²) in [4.78, 5) is 0.382. The second-order valence-electron chi connectivity index (χ2n) is 5.58. The Morgan fingerprint density at radius 1 is 1.26 bits per heavy atom. The van der Waals surface area contributed by atoms with Crippen LogP contribution >= 0.6 is 0 Å². The van der Waals surface area contributed by atoms with E-state index < -0.39 is 10.0 Å². The number of benzene rings is 1. The summed E-state index contributed by atoms with van der Waals surface area (Å²) in [7, 11) is -3.43. The molecule has 1 atom stereocenters. The normalized spacial score (nSPS) is 20.3. The first-order valence-corrected chi connectivity index (χ1v) is 8.42. The summed E-state index contributed by atoms with van der Waals surface area (Å²) in [6.07, 6.45) is 5.33. The molecule has 0 bridgehead atoms. The van der Waals surface area contributed by atoms with Crippen LogP contribution in [0.25, 0.3) is 0 Å². The standard InChI is InChI=1S/C14H20N2O2S/c15-9-14(11-4-5-11)16-19(17,18)13-7-6-10-2-1-3-12(10)8-13/h6-8,11,14,16H,1-5,9,15H2. The molecule has 3 rings (SSSR count). The lowest BCUT2D eigenvalue weighted by Crippen LogP contribution is -2.41. The Morgan fingerprint density at radius 3 is 2.68 bits per heavy atom. The number of sulfonamides is 1. The summed E-state index contributed by atoms with van der Waals surface area (Å²) in [5, 5.41) is 0. The van der Waals surface area contributed by atoms with E-state index in [1.165, 1.54) is 11.1 Å². The first-order chi connectivity index (χ1) is 9.10. The van der Waals surface area contributed by atoms with Crippen LogP contribution < -0.4 is 10.5 Å². The van der Waals surface area contributed by atoms with Gasteiger partial charge >= 0.3 is 0 Å². The molecule has 19 heavy (non-hydrogen) atoms. The summed E-state index contributed by atoms with van der Waals surface area (Å²) in [5.41, 5.74) is 8.13. The minimum absolute atomic E-state index is 0.113. The van der Waals surface area contributed by atoms with Crippen molar-refractivity contribution in [2.45, 2.75) is 43.0 Å². The Hall–Kier alpha value is -0.910. The van der Waals surface area contributed by atoms with Crippen molar-refractivity contribution in [3.05, 3.63) is 29.3 Å². The average molecular weight is 280 g/mol. The maximum absolute atomic E-state index is 12.4. The van der Waals surface area contributed by atoms with Crippen molar-refractivity contribution in [2.24, 2.45) is 11.7 Å². The van der Waals surface area contributed by atoms with Gasteiger partial charge in [-0.25, -0.2) is 13.1 Å². The van der Waals surface area contributed by atoms with Gasteiger partial charge in [0, 0.05) is 12.6 Å². The minimum atomic E-state index is -3.43. The highest BCUT2D eigenvalue weighted by Gasteiger charge is 2.33. The second-order valence-corrected chi connectivity index (χ2v) is 7.30. The van der Waals surface area contributed by atoms with Crippen LogP contribution in [0, 0.1) is 5.92 Å². The maximum Gasteiger partial charge on any atom is 0.240 e. The monoisotopic (exact) mass is 280 g/mol. The predicted octanol–water partition coefficient (Wildman–Crippen LogP) is 1.19. The Kier molecular flexibility index (Phi) is 3.37. The van der Waals surface area contributed by atoms with E-state index in [0.717, 1.165) is 32.1 Å². The quantitative estimate of drug-likeness (QED) is 0.851. The Morgan fingerprint density at radius 2 is 2.00 bits per heavy atom. The van der Waals surface area contributed by atoms with Crippen LogP contribution in [0.15, 0.2) is 23.1 Å². The largest absolute Gasteiger partial charge is 0.329 e. The molecule has 4 nitrogen and oxygen atoms in total. The van der Waals surface area contributed by atoms with Gasteiger partial charge in [0.25, 0.3) is 0 Å². The SMILES string of the molecule is NCC(NS(=O)(=O)c1ccc2c(c1)CCC2)C1CC1. The minimum Gasteiger partial charge on any atom is -0.329 e. The van der Waals surface area contributed by atoms with Crippen molar-refractivity contribution in [3.63, 3.8) is 0 Å². The molecule has 1 aromatic rings. The van der Waals surface area contributed by atoms with Crippen LogP contribution in [0.4, 0.5) is 0 Å². The van der Waals surface area contributed by atoms with E-state index in [2.05, 4.69) is 4.72 Å². The van der Waals surface area contributed by atoms with Gasteiger partial charge in [-0.15, -0.1) is 0 Å². The van der Waals surface area contributed by atoms with Crippen molar-refractivity contribution in [3.8, 4) is 0 Å². The lowest BCUT2D eigenvalue weighted by molar-refractivity contribution is 0.519. The molecule has 5 heteroatoms. The summed E-state index contributed by atoms with van der Waals surface area (Å²) in [6.45, 7) is 0.370. The third kappa shape index (κ3) is 2.68. The number of aryl methyl sites for hydroxylation is 2. The fraction of sp³-hybridized carbons (Fsp3) is 0.571. The fourth-order valence-electron chi connectivity index (χ4n) is 2.82. The van der Waals surface area contributed by atoms with Crippen LogP contribution in [0.2, 0.25) is 0 Å². The van der Waals surface area contributed by atoms with Crippen molar-refractivity contribution >= 4 is 10.0 Å². The molecule has 0 heterocycles. The van der Waals surface area contributed by atoms with Gasteiger partial charge < -0.3 is 5.73 Å². The first-order valence-electron chi connectivity index (χ1n) is 6.94. The van der Waals surface area contributed by atoms with E-state index >= 15 is 0 Å². The maximum atomic E-state index is 12.4. The Bertz CT molecular complexity index is 579. The lowest BCUT2D eigenvalue weighted by atomic mass is 10.1. The van der Waals surface area contributed by atoms with Crippen molar-refractivity contribution in [1.82, 2.24) is 4.72 Å². The van der Waals surface area contributed by atoms with Gasteiger partial charge in [-0.2, -0.15) is 0 Å². The van der Waals surface area contributed by atoms with E-state index in [4.69, 9.17) is 5.73 Å². The smallest absolute Gasteiger partial charge is 0.240 e. The molecule has 1 aromatic carbocycles. The molecule has 0 radical (unpaired) electrons. The summed E-state index contributed by atoms with van der Waals surface area (Å²) in [6, 6.07) is 5.38. The zero-order valence-corrected chi connectivity index (χ0v) is 11.7. The lowest BCUT2D eigenvalue weighted by Gasteiger charge is -2.16. The predicted molar refractivity (Wildman–Crippen MR) is 74.4 cm³/mol. The molecule has 0 spiro atoms. The molecule has 0 saturated heterocycles. The highest BCUT2D eigenvalue weighted by atomic mass is 32.2. The van der Waals surface area contributed by atoms with Gasteiger partial charge in [-0.3, -0.25) is 0 Å². The van der Waals surface area contributed by atoms with Crippen LogP contribution in [0.5, 0.6) is 0 Å². The molecule has 2 aliphatic rings. The molecule has 1 saturated carbocycles. The zero-order valence-electron chi connectivity index (χ0n) is 10.9. The van der Waals surface area contributed by atoms with Gasteiger partial charge in [-0.05, 0) is 61.3 Å². The van der Waals surface area contributed by atoms with Crippen LogP contribution in [-0.2, 0) is 22.9 Å². The topological polar surface area (TPSA) is 72.2 Å². The van der Waals surface area contributed by atoms with Crippen molar-refractivity contribution in [1.29, 1.82) is 0 Å². The second kappa shape index (κ2) is 4.89. The number of fused-ring (bicyclic) bond motifs is 1. The number of hydrogen-bond donors (Lipinski definition) is 2. The zero-order chi connectivity index (χ0) is 13.5. The van der Waals surface area contributed by atoms with E-state index in [1.807, 2.05) is 12.1 Å². The number of hydrogen-bond acceptors (Lipinski definition) is 3. The van der Waals surface area contributed by atoms with E-state index in [-0.39, 0.29) is 6.04 Å². The van der Waals surface area contributed by atoms with E-state index in [1.54, 1.807) is 6.07 Å². The highest BCUT2D eigenvalue weighted by Crippen LogP contribution is 2.33. The van der Waals surface area contributed by atoms with Gasteiger partial charge in [0.2, 0.25) is 10.0 Å². The summed E-state index contributed by atoms with van der Waals surface area (Å²) >= 11 is 0. The molecule has 1 fully saturated rings. The molecule has 2 aliphatic carbocycles. The molecule has 104 valence electrons. The van der Waals surface area contributed by atoms with E-state index in [0.29, 0.717) is 17.4 Å². The fourth-order valence-corrected chi connectivity index (χ4v) is 4.19. The number of nitrogens with one attached hydrogen (secondary N) is 1. The molecule has 0 aliphatic heterocycles. The molecule has 0 aromatic heterocycles. The van der Waals surface area contributed by atoms with Gasteiger partial charge in [0.1, 0.15) is 0 Å². The van der Waals surface area contributed by atoms with Crippen molar-refractivity contribution < 1.29 is 8.42 Å². The van der Waals surface area contributed by atoms with Crippen LogP contribution in [-0.4, -0.2) is 21.0 Å². The third-order valence-electron chi connectivity index (χ3n) is 4.13. The molecular formula is C14H20N2O2S. The molecule has 3 N–H and O–H groups in total. The average Bonchev–Trinajstić information content (AvgIpc) is 3.13. The Balaban J connectivity index is 1.83.